The van der Waals surface area contributed by atoms with Gasteiger partial charge in [0, 0.05) is 23.9 Å². The highest BCUT2D eigenvalue weighted by Crippen LogP contribution is 2.46. The summed E-state index contributed by atoms with van der Waals surface area (Å²) < 4.78 is 0. The van der Waals surface area contributed by atoms with Gasteiger partial charge in [0.25, 0.3) is 5.69 Å². The maximum absolute atomic E-state index is 10.4. The summed E-state index contributed by atoms with van der Waals surface area (Å²) in [5.74, 6) is 0. The van der Waals surface area contributed by atoms with Crippen LogP contribution in [0.5, 0.6) is 0 Å². The van der Waals surface area contributed by atoms with E-state index in [0.717, 1.165) is 12.1 Å². The van der Waals surface area contributed by atoms with Gasteiger partial charge in [0.05, 0.1) is 4.92 Å². The molecule has 1 saturated carbocycles. The van der Waals surface area contributed by atoms with Gasteiger partial charge >= 0.3 is 0 Å². The van der Waals surface area contributed by atoms with E-state index in [9.17, 15) is 10.1 Å². The molecule has 1 atom stereocenters. The fourth-order valence-corrected chi connectivity index (χ4v) is 1.59. The minimum Gasteiger partial charge on any atom is -0.382 e. The van der Waals surface area contributed by atoms with Crippen LogP contribution in [0.25, 0.3) is 0 Å². The summed E-state index contributed by atoms with van der Waals surface area (Å²) in [6.45, 7) is 4.41. The molecule has 0 saturated heterocycles. The topological polar surface area (TPSA) is 55.2 Å². The number of non-ortho nitro benzene ring substituents is 1. The van der Waals surface area contributed by atoms with Crippen molar-refractivity contribution in [2.24, 2.45) is 5.41 Å². The van der Waals surface area contributed by atoms with Crippen LogP contribution in [-0.4, -0.2) is 11.0 Å². The summed E-state index contributed by atoms with van der Waals surface area (Å²) in [5.41, 5.74) is 1.45. The maximum Gasteiger partial charge on any atom is 0.269 e. The summed E-state index contributed by atoms with van der Waals surface area (Å²) in [4.78, 5) is 10.1. The Kier molecular flexibility index (Phi) is 2.14. The highest BCUT2D eigenvalue weighted by molar-refractivity contribution is 5.50. The number of hydrogen-bond acceptors (Lipinski definition) is 3. The van der Waals surface area contributed by atoms with Gasteiger partial charge in [-0.25, -0.2) is 0 Å². The van der Waals surface area contributed by atoms with E-state index in [1.807, 2.05) is 0 Å². The Bertz CT molecular complexity index is 384. The lowest BCUT2D eigenvalue weighted by atomic mass is 10.2. The summed E-state index contributed by atoms with van der Waals surface area (Å²) in [6.07, 6.45) is 1.16. The third-order valence-electron chi connectivity index (χ3n) is 2.93. The Morgan fingerprint density at radius 3 is 2.33 bits per heavy atom. The first-order valence-corrected chi connectivity index (χ1v) is 5.00. The average molecular weight is 206 g/mol. The lowest BCUT2D eigenvalue weighted by Gasteiger charge is -2.07. The molecule has 4 nitrogen and oxygen atoms in total. The van der Waals surface area contributed by atoms with Crippen molar-refractivity contribution in [3.05, 3.63) is 34.4 Å². The van der Waals surface area contributed by atoms with Gasteiger partial charge in [-0.05, 0) is 24.0 Å². The second kappa shape index (κ2) is 3.22. The number of nitro groups is 1. The van der Waals surface area contributed by atoms with Crippen molar-refractivity contribution in [2.75, 3.05) is 5.32 Å². The highest BCUT2D eigenvalue weighted by Gasteiger charge is 2.45. The number of nitrogens with zero attached hydrogens (tertiary/aromatic N) is 1. The molecule has 0 bridgehead atoms. The molecule has 15 heavy (non-hydrogen) atoms. The predicted molar refractivity (Wildman–Crippen MR) is 58.9 cm³/mol. The molecule has 2 rings (SSSR count). The van der Waals surface area contributed by atoms with Crippen molar-refractivity contribution in [1.82, 2.24) is 0 Å². The van der Waals surface area contributed by atoms with E-state index in [1.54, 1.807) is 12.1 Å². The van der Waals surface area contributed by atoms with Crippen LogP contribution < -0.4 is 5.32 Å². The standard InChI is InChI=1S/C11H14N2O2/c1-11(2)7-10(11)12-8-3-5-9(6-4-8)13(14)15/h3-6,10,12H,7H2,1-2H3. The Hall–Kier alpha value is -1.58. The van der Waals surface area contributed by atoms with Gasteiger partial charge < -0.3 is 5.32 Å². The van der Waals surface area contributed by atoms with Crippen molar-refractivity contribution < 1.29 is 4.92 Å². The molecule has 0 spiro atoms. The zero-order chi connectivity index (χ0) is 11.1. The largest absolute Gasteiger partial charge is 0.382 e. The van der Waals surface area contributed by atoms with E-state index in [1.165, 1.54) is 12.1 Å². The molecular weight excluding hydrogens is 192 g/mol. The molecule has 1 aliphatic rings. The van der Waals surface area contributed by atoms with Crippen LogP contribution in [0.15, 0.2) is 24.3 Å². The van der Waals surface area contributed by atoms with Gasteiger partial charge in [0.2, 0.25) is 0 Å². The van der Waals surface area contributed by atoms with Crippen LogP contribution in [0.3, 0.4) is 0 Å². The van der Waals surface area contributed by atoms with E-state index in [2.05, 4.69) is 19.2 Å². The number of nitrogens with one attached hydrogen (secondary N) is 1. The first kappa shape index (κ1) is 9.96. The summed E-state index contributed by atoms with van der Waals surface area (Å²) in [5, 5.41) is 13.8. The number of benzene rings is 1. The summed E-state index contributed by atoms with van der Waals surface area (Å²) in [7, 11) is 0. The fourth-order valence-electron chi connectivity index (χ4n) is 1.59. The van der Waals surface area contributed by atoms with Gasteiger partial charge in [0.15, 0.2) is 0 Å². The van der Waals surface area contributed by atoms with Crippen molar-refractivity contribution in [1.29, 1.82) is 0 Å². The van der Waals surface area contributed by atoms with Crippen molar-refractivity contribution >= 4 is 11.4 Å². The molecule has 0 amide bonds. The number of hydrogen-bond donors (Lipinski definition) is 1. The SMILES string of the molecule is CC1(C)CC1Nc1ccc([N+](=O)[O-])cc1. The van der Waals surface area contributed by atoms with Crippen molar-refractivity contribution in [3.8, 4) is 0 Å². The molecule has 1 fully saturated rings. The maximum atomic E-state index is 10.4. The smallest absolute Gasteiger partial charge is 0.269 e. The monoisotopic (exact) mass is 206 g/mol. The van der Waals surface area contributed by atoms with E-state index < -0.39 is 0 Å². The van der Waals surface area contributed by atoms with Crippen LogP contribution in [0.1, 0.15) is 20.3 Å². The van der Waals surface area contributed by atoms with Crippen LogP contribution in [0, 0.1) is 15.5 Å². The number of anilines is 1. The molecule has 1 aromatic rings. The first-order chi connectivity index (χ1) is 6.99. The molecule has 1 aliphatic carbocycles. The molecule has 0 heterocycles. The molecule has 1 aromatic carbocycles. The molecular formula is C11H14N2O2. The predicted octanol–water partition coefficient (Wildman–Crippen LogP) is 2.81. The lowest BCUT2D eigenvalue weighted by Crippen LogP contribution is -2.08. The zero-order valence-corrected chi connectivity index (χ0v) is 8.86. The van der Waals surface area contributed by atoms with Crippen LogP contribution >= 0.6 is 0 Å². The van der Waals surface area contributed by atoms with Crippen molar-refractivity contribution in [3.63, 3.8) is 0 Å². The Morgan fingerprint density at radius 2 is 1.93 bits per heavy atom. The molecule has 1 unspecified atom stereocenters. The van der Waals surface area contributed by atoms with Crippen molar-refractivity contribution in [2.45, 2.75) is 26.3 Å². The third kappa shape index (κ3) is 2.09. The van der Waals surface area contributed by atoms with E-state index >= 15 is 0 Å². The Labute approximate surface area is 88.5 Å². The van der Waals surface area contributed by atoms with E-state index in [0.29, 0.717) is 11.5 Å². The minimum atomic E-state index is -0.384. The summed E-state index contributed by atoms with van der Waals surface area (Å²) in [6, 6.07) is 7.06. The van der Waals surface area contributed by atoms with Gasteiger partial charge in [-0.3, -0.25) is 10.1 Å². The number of rotatable bonds is 3. The normalized spacial score (nSPS) is 22.1. The first-order valence-electron chi connectivity index (χ1n) is 5.00. The highest BCUT2D eigenvalue weighted by atomic mass is 16.6. The van der Waals surface area contributed by atoms with Crippen LogP contribution in [0.4, 0.5) is 11.4 Å². The van der Waals surface area contributed by atoms with Crippen LogP contribution in [-0.2, 0) is 0 Å². The second-order valence-corrected chi connectivity index (χ2v) is 4.69. The molecule has 0 radical (unpaired) electrons. The van der Waals surface area contributed by atoms with Gasteiger partial charge in [-0.2, -0.15) is 0 Å². The molecule has 4 heteroatoms. The third-order valence-corrected chi connectivity index (χ3v) is 2.93. The zero-order valence-electron chi connectivity index (χ0n) is 8.86. The molecule has 0 aromatic heterocycles. The second-order valence-electron chi connectivity index (χ2n) is 4.69. The van der Waals surface area contributed by atoms with E-state index in [4.69, 9.17) is 0 Å². The molecule has 1 N–H and O–H groups in total. The average Bonchev–Trinajstić information content (AvgIpc) is 2.74. The fraction of sp³-hybridized carbons (Fsp3) is 0.455. The molecule has 0 aliphatic heterocycles. The quantitative estimate of drug-likeness (QED) is 0.611. The van der Waals surface area contributed by atoms with Gasteiger partial charge in [-0.15, -0.1) is 0 Å². The van der Waals surface area contributed by atoms with Gasteiger partial charge in [0.1, 0.15) is 0 Å². The summed E-state index contributed by atoms with van der Waals surface area (Å²) >= 11 is 0. The number of nitro benzene ring substituents is 1. The van der Waals surface area contributed by atoms with Crippen LogP contribution in [0.2, 0.25) is 0 Å². The Morgan fingerprint density at radius 1 is 1.40 bits per heavy atom. The Balaban J connectivity index is 2.02. The van der Waals surface area contributed by atoms with Gasteiger partial charge in [-0.1, -0.05) is 13.8 Å². The van der Waals surface area contributed by atoms with E-state index in [-0.39, 0.29) is 10.6 Å². The lowest BCUT2D eigenvalue weighted by molar-refractivity contribution is -0.384. The minimum absolute atomic E-state index is 0.135. The molecule has 80 valence electrons.